The summed E-state index contributed by atoms with van der Waals surface area (Å²) in [7, 11) is 0. The van der Waals surface area contributed by atoms with E-state index in [1.807, 2.05) is 0 Å². The van der Waals surface area contributed by atoms with Crippen molar-refractivity contribution in [1.82, 2.24) is 4.98 Å². The van der Waals surface area contributed by atoms with Gasteiger partial charge in [-0.2, -0.15) is 0 Å². The van der Waals surface area contributed by atoms with Crippen molar-refractivity contribution < 1.29 is 14.5 Å². The fourth-order valence-electron chi connectivity index (χ4n) is 1.53. The molecule has 1 aromatic carbocycles. The Kier molecular flexibility index (Phi) is 4.03. The number of ether oxygens (including phenoxy) is 1. The minimum absolute atomic E-state index is 0.00536. The number of aromatic nitrogens is 1. The van der Waals surface area contributed by atoms with E-state index in [1.165, 1.54) is 18.3 Å². The molecular formula is C12H9BrN4O4. The van der Waals surface area contributed by atoms with E-state index in [9.17, 15) is 14.9 Å². The van der Waals surface area contributed by atoms with Crippen molar-refractivity contribution >= 4 is 33.2 Å². The Morgan fingerprint density at radius 3 is 2.67 bits per heavy atom. The van der Waals surface area contributed by atoms with Crippen LogP contribution in [0.25, 0.3) is 0 Å². The number of nitrogens with two attached hydrogens (primary N) is 2. The molecule has 0 fully saturated rings. The number of halogens is 1. The molecule has 0 spiro atoms. The molecule has 0 aliphatic heterocycles. The standard InChI is InChI=1S/C12H9BrN4O4/c13-7-4-8(14)12(16-5-7)21-10-2-1-6(11(15)18)3-9(10)17(19)20/h1-5H,14H2,(H2,15,18). The molecule has 1 amide bonds. The summed E-state index contributed by atoms with van der Waals surface area (Å²) in [6.45, 7) is 0. The van der Waals surface area contributed by atoms with Crippen molar-refractivity contribution in [1.29, 1.82) is 0 Å². The summed E-state index contributed by atoms with van der Waals surface area (Å²) < 4.78 is 5.98. The number of hydrogen-bond acceptors (Lipinski definition) is 6. The Balaban J connectivity index is 2.44. The highest BCUT2D eigenvalue weighted by Gasteiger charge is 2.19. The fourth-order valence-corrected chi connectivity index (χ4v) is 1.88. The van der Waals surface area contributed by atoms with Crippen molar-refractivity contribution in [2.24, 2.45) is 5.73 Å². The van der Waals surface area contributed by atoms with Crippen LogP contribution in [0, 0.1) is 10.1 Å². The summed E-state index contributed by atoms with van der Waals surface area (Å²) >= 11 is 3.19. The molecule has 0 aliphatic rings. The third-order valence-electron chi connectivity index (χ3n) is 2.49. The number of primary amides is 1. The van der Waals surface area contributed by atoms with Gasteiger partial charge in [-0.25, -0.2) is 4.98 Å². The summed E-state index contributed by atoms with van der Waals surface area (Å²) in [5.74, 6) is -0.842. The fraction of sp³-hybridized carbons (Fsp3) is 0. The minimum Gasteiger partial charge on any atom is -0.430 e. The number of nitro benzene ring substituents is 1. The maximum absolute atomic E-state index is 11.1. The van der Waals surface area contributed by atoms with Gasteiger partial charge < -0.3 is 16.2 Å². The Bertz CT molecular complexity index is 735. The SMILES string of the molecule is NC(=O)c1ccc(Oc2ncc(Br)cc2N)c([N+](=O)[O-])c1. The summed E-state index contributed by atoms with van der Waals surface area (Å²) in [6.07, 6.45) is 1.44. The molecule has 0 aliphatic carbocycles. The molecular weight excluding hydrogens is 344 g/mol. The van der Waals surface area contributed by atoms with Crippen LogP contribution in [0.2, 0.25) is 0 Å². The first-order valence-electron chi connectivity index (χ1n) is 5.55. The van der Waals surface area contributed by atoms with E-state index < -0.39 is 16.5 Å². The highest BCUT2D eigenvalue weighted by molar-refractivity contribution is 9.10. The topological polar surface area (TPSA) is 134 Å². The Labute approximate surface area is 127 Å². The smallest absolute Gasteiger partial charge is 0.312 e. The lowest BCUT2D eigenvalue weighted by Crippen LogP contribution is -2.11. The molecule has 0 radical (unpaired) electrons. The molecule has 4 N–H and O–H groups in total. The lowest BCUT2D eigenvalue weighted by Gasteiger charge is -2.08. The van der Waals surface area contributed by atoms with Crippen LogP contribution in [0.4, 0.5) is 11.4 Å². The first-order valence-corrected chi connectivity index (χ1v) is 6.35. The summed E-state index contributed by atoms with van der Waals surface area (Å²) in [4.78, 5) is 25.3. The largest absolute Gasteiger partial charge is 0.430 e. The van der Waals surface area contributed by atoms with Gasteiger partial charge in [0.15, 0.2) is 0 Å². The number of pyridine rings is 1. The number of amides is 1. The number of nitrogen functional groups attached to an aromatic ring is 1. The van der Waals surface area contributed by atoms with Crippen LogP contribution in [0.15, 0.2) is 34.9 Å². The number of rotatable bonds is 4. The molecule has 2 aromatic rings. The molecule has 2 rings (SSSR count). The van der Waals surface area contributed by atoms with Gasteiger partial charge in [0.25, 0.3) is 0 Å². The van der Waals surface area contributed by atoms with Crippen molar-refractivity contribution in [3.8, 4) is 11.6 Å². The van der Waals surface area contributed by atoms with Gasteiger partial charge in [0.1, 0.15) is 0 Å². The molecule has 0 saturated heterocycles. The Hall–Kier alpha value is -2.68. The van der Waals surface area contributed by atoms with E-state index in [1.54, 1.807) is 6.07 Å². The molecule has 1 heterocycles. The number of nitrogens with zero attached hydrogens (tertiary/aromatic N) is 2. The summed E-state index contributed by atoms with van der Waals surface area (Å²) in [5.41, 5.74) is 10.6. The summed E-state index contributed by atoms with van der Waals surface area (Å²) in [5, 5.41) is 11.0. The zero-order chi connectivity index (χ0) is 15.6. The van der Waals surface area contributed by atoms with E-state index in [0.29, 0.717) is 4.47 Å². The molecule has 9 heteroatoms. The first-order chi connectivity index (χ1) is 9.88. The van der Waals surface area contributed by atoms with Crippen molar-refractivity contribution in [2.75, 3.05) is 5.73 Å². The molecule has 8 nitrogen and oxygen atoms in total. The number of carbonyl (C=O) groups excluding carboxylic acids is 1. The minimum atomic E-state index is -0.772. The lowest BCUT2D eigenvalue weighted by molar-refractivity contribution is -0.385. The van der Waals surface area contributed by atoms with Gasteiger partial charge in [0, 0.05) is 22.3 Å². The van der Waals surface area contributed by atoms with Gasteiger partial charge >= 0.3 is 5.69 Å². The third-order valence-corrected chi connectivity index (χ3v) is 2.93. The van der Waals surface area contributed by atoms with Crippen LogP contribution in [0.3, 0.4) is 0 Å². The van der Waals surface area contributed by atoms with Gasteiger partial charge in [-0.3, -0.25) is 14.9 Å². The van der Waals surface area contributed by atoms with Crippen LogP contribution in [0.1, 0.15) is 10.4 Å². The number of nitro groups is 1. The van der Waals surface area contributed by atoms with Crippen LogP contribution < -0.4 is 16.2 Å². The monoisotopic (exact) mass is 352 g/mol. The Morgan fingerprint density at radius 2 is 2.10 bits per heavy atom. The van der Waals surface area contributed by atoms with Crippen LogP contribution >= 0.6 is 15.9 Å². The second-order valence-electron chi connectivity index (χ2n) is 3.95. The van der Waals surface area contributed by atoms with Gasteiger partial charge in [-0.15, -0.1) is 0 Å². The van der Waals surface area contributed by atoms with Crippen LogP contribution in [-0.2, 0) is 0 Å². The molecule has 0 bridgehead atoms. The Morgan fingerprint density at radius 1 is 1.38 bits per heavy atom. The van der Waals surface area contributed by atoms with E-state index in [0.717, 1.165) is 6.07 Å². The first kappa shape index (κ1) is 14.7. The third kappa shape index (κ3) is 3.26. The average molecular weight is 353 g/mol. The van der Waals surface area contributed by atoms with Gasteiger partial charge in [-0.05, 0) is 34.1 Å². The quantitative estimate of drug-likeness (QED) is 0.639. The normalized spacial score (nSPS) is 10.1. The van der Waals surface area contributed by atoms with E-state index in [-0.39, 0.29) is 22.9 Å². The summed E-state index contributed by atoms with van der Waals surface area (Å²) in [6, 6.07) is 5.17. The van der Waals surface area contributed by atoms with Crippen molar-refractivity contribution in [3.05, 3.63) is 50.6 Å². The predicted molar refractivity (Wildman–Crippen MR) is 78.0 cm³/mol. The maximum Gasteiger partial charge on any atom is 0.312 e. The second-order valence-corrected chi connectivity index (χ2v) is 4.87. The van der Waals surface area contributed by atoms with Gasteiger partial charge in [-0.1, -0.05) is 0 Å². The van der Waals surface area contributed by atoms with E-state index in [2.05, 4.69) is 20.9 Å². The number of hydrogen-bond donors (Lipinski definition) is 2. The molecule has 0 unspecified atom stereocenters. The lowest BCUT2D eigenvalue weighted by atomic mass is 10.2. The highest BCUT2D eigenvalue weighted by atomic mass is 79.9. The van der Waals surface area contributed by atoms with Gasteiger partial charge in [0.05, 0.1) is 10.6 Å². The number of carbonyl (C=O) groups is 1. The predicted octanol–water partition coefficient (Wildman–Crippen LogP) is 2.23. The average Bonchev–Trinajstić information content (AvgIpc) is 2.41. The van der Waals surface area contributed by atoms with Crippen molar-refractivity contribution in [2.45, 2.75) is 0 Å². The molecule has 1 aromatic heterocycles. The maximum atomic E-state index is 11.1. The molecule has 0 atom stereocenters. The second kappa shape index (κ2) is 5.75. The van der Waals surface area contributed by atoms with Gasteiger partial charge in [0.2, 0.25) is 17.5 Å². The molecule has 108 valence electrons. The molecule has 0 saturated carbocycles. The van der Waals surface area contributed by atoms with E-state index in [4.69, 9.17) is 16.2 Å². The zero-order valence-electron chi connectivity index (χ0n) is 10.4. The highest BCUT2D eigenvalue weighted by Crippen LogP contribution is 2.34. The zero-order valence-corrected chi connectivity index (χ0v) is 12.0. The molecule has 21 heavy (non-hydrogen) atoms. The van der Waals surface area contributed by atoms with Crippen molar-refractivity contribution in [3.63, 3.8) is 0 Å². The van der Waals surface area contributed by atoms with E-state index >= 15 is 0 Å². The van der Waals surface area contributed by atoms with Crippen LogP contribution in [-0.4, -0.2) is 15.8 Å². The number of benzene rings is 1. The number of anilines is 1. The van der Waals surface area contributed by atoms with Crippen LogP contribution in [0.5, 0.6) is 11.6 Å².